The van der Waals surface area contributed by atoms with Crippen LogP contribution in [-0.2, 0) is 4.74 Å². The number of benzene rings is 2. The maximum Gasteiger partial charge on any atom is 0.255 e. The molecule has 0 fully saturated rings. The summed E-state index contributed by atoms with van der Waals surface area (Å²) in [6.07, 6.45) is 0. The zero-order chi connectivity index (χ0) is 18.1. The molecule has 2 rings (SSSR count). The van der Waals surface area contributed by atoms with E-state index >= 15 is 0 Å². The minimum atomic E-state index is -0.237. The van der Waals surface area contributed by atoms with Gasteiger partial charge in [-0.1, -0.05) is 6.07 Å². The largest absolute Gasteiger partial charge is 0.494 e. The van der Waals surface area contributed by atoms with Crippen LogP contribution in [-0.4, -0.2) is 38.7 Å². The van der Waals surface area contributed by atoms with Gasteiger partial charge in [-0.25, -0.2) is 0 Å². The van der Waals surface area contributed by atoms with Gasteiger partial charge in [0.1, 0.15) is 5.75 Å². The highest BCUT2D eigenvalue weighted by Gasteiger charge is 2.09. The Labute approximate surface area is 147 Å². The minimum Gasteiger partial charge on any atom is -0.494 e. The molecule has 2 aromatic rings. The third-order valence-electron chi connectivity index (χ3n) is 3.40. The number of anilines is 1. The molecule has 0 spiro atoms. The summed E-state index contributed by atoms with van der Waals surface area (Å²) in [5.74, 6) is 0.233. The molecule has 0 saturated carbocycles. The molecule has 2 aromatic carbocycles. The summed E-state index contributed by atoms with van der Waals surface area (Å²) in [7, 11) is 1.58. The molecule has 0 aliphatic heterocycles. The summed E-state index contributed by atoms with van der Waals surface area (Å²) >= 11 is 0. The zero-order valence-corrected chi connectivity index (χ0v) is 14.4. The summed E-state index contributed by atoms with van der Waals surface area (Å²) in [5.41, 5.74) is 1.64. The molecular formula is C19H22N2O4. The Kier molecular flexibility index (Phi) is 6.98. The zero-order valence-electron chi connectivity index (χ0n) is 14.4. The Bertz CT molecular complexity index is 714. The van der Waals surface area contributed by atoms with Crippen LogP contribution in [0.25, 0.3) is 0 Å². The average Bonchev–Trinajstić information content (AvgIpc) is 2.63. The van der Waals surface area contributed by atoms with Crippen LogP contribution >= 0.6 is 0 Å². The second kappa shape index (κ2) is 9.44. The number of rotatable bonds is 8. The third kappa shape index (κ3) is 5.61. The average molecular weight is 342 g/mol. The molecule has 132 valence electrons. The molecule has 0 radical (unpaired) electrons. The van der Waals surface area contributed by atoms with Crippen molar-refractivity contribution in [2.75, 3.05) is 32.2 Å². The monoisotopic (exact) mass is 342 g/mol. The Morgan fingerprint density at radius 2 is 1.76 bits per heavy atom. The van der Waals surface area contributed by atoms with Crippen LogP contribution in [0.3, 0.4) is 0 Å². The van der Waals surface area contributed by atoms with Gasteiger partial charge in [0.2, 0.25) is 0 Å². The van der Waals surface area contributed by atoms with E-state index in [4.69, 9.17) is 9.47 Å². The van der Waals surface area contributed by atoms with Crippen LogP contribution in [0.2, 0.25) is 0 Å². The predicted octanol–water partition coefficient (Wildman–Crippen LogP) is 2.71. The van der Waals surface area contributed by atoms with Crippen molar-refractivity contribution in [3.63, 3.8) is 0 Å². The van der Waals surface area contributed by atoms with E-state index in [9.17, 15) is 9.59 Å². The quantitative estimate of drug-likeness (QED) is 0.723. The first kappa shape index (κ1) is 18.5. The summed E-state index contributed by atoms with van der Waals surface area (Å²) in [4.78, 5) is 24.2. The lowest BCUT2D eigenvalue weighted by Gasteiger charge is -2.09. The Hall–Kier alpha value is -2.86. The smallest absolute Gasteiger partial charge is 0.255 e. The molecular weight excluding hydrogens is 320 g/mol. The molecule has 0 bridgehead atoms. The van der Waals surface area contributed by atoms with Crippen molar-refractivity contribution in [2.24, 2.45) is 0 Å². The molecule has 0 aromatic heterocycles. The van der Waals surface area contributed by atoms with E-state index in [0.717, 1.165) is 0 Å². The van der Waals surface area contributed by atoms with E-state index in [1.807, 2.05) is 6.92 Å². The summed E-state index contributed by atoms with van der Waals surface area (Å²) in [5, 5.41) is 5.54. The maximum atomic E-state index is 12.3. The highest BCUT2D eigenvalue weighted by molar-refractivity contribution is 6.04. The van der Waals surface area contributed by atoms with Gasteiger partial charge in [-0.3, -0.25) is 9.59 Å². The van der Waals surface area contributed by atoms with Gasteiger partial charge in [0, 0.05) is 30.5 Å². The molecule has 0 saturated heterocycles. The fraction of sp³-hybridized carbons (Fsp3) is 0.263. The molecule has 25 heavy (non-hydrogen) atoms. The van der Waals surface area contributed by atoms with Crippen LogP contribution in [0, 0.1) is 0 Å². The van der Waals surface area contributed by atoms with E-state index in [1.165, 1.54) is 0 Å². The maximum absolute atomic E-state index is 12.3. The molecule has 2 amide bonds. The standard InChI is InChI=1S/C19H22N2O4/c1-3-25-17-6-4-5-15(13-17)19(23)21-16-9-7-14(8-10-16)18(22)20-11-12-24-2/h4-10,13H,3,11-12H2,1-2H3,(H,20,22)(H,21,23). The van der Waals surface area contributed by atoms with Gasteiger partial charge in [0.15, 0.2) is 0 Å². The van der Waals surface area contributed by atoms with Gasteiger partial charge in [0.25, 0.3) is 11.8 Å². The lowest BCUT2D eigenvalue weighted by Crippen LogP contribution is -2.26. The first-order chi connectivity index (χ1) is 12.1. The molecule has 0 aliphatic carbocycles. The normalized spacial score (nSPS) is 10.2. The van der Waals surface area contributed by atoms with E-state index in [2.05, 4.69) is 10.6 Å². The van der Waals surface area contributed by atoms with Crippen molar-refractivity contribution in [1.82, 2.24) is 5.32 Å². The number of carbonyl (C=O) groups excluding carboxylic acids is 2. The Morgan fingerprint density at radius 3 is 2.44 bits per heavy atom. The van der Waals surface area contributed by atoms with E-state index in [-0.39, 0.29) is 11.8 Å². The minimum absolute atomic E-state index is 0.181. The van der Waals surface area contributed by atoms with Gasteiger partial charge in [-0.05, 0) is 49.4 Å². The van der Waals surface area contributed by atoms with Gasteiger partial charge in [0.05, 0.1) is 13.2 Å². The van der Waals surface area contributed by atoms with Crippen LogP contribution in [0.15, 0.2) is 48.5 Å². The van der Waals surface area contributed by atoms with Crippen molar-refractivity contribution in [2.45, 2.75) is 6.92 Å². The molecule has 0 aliphatic rings. The van der Waals surface area contributed by atoms with Crippen molar-refractivity contribution in [1.29, 1.82) is 0 Å². The number of carbonyl (C=O) groups is 2. The molecule has 6 heteroatoms. The topological polar surface area (TPSA) is 76.7 Å². The van der Waals surface area contributed by atoms with Crippen LogP contribution in [0.4, 0.5) is 5.69 Å². The predicted molar refractivity (Wildman–Crippen MR) is 96.2 cm³/mol. The van der Waals surface area contributed by atoms with Gasteiger partial charge in [-0.2, -0.15) is 0 Å². The number of nitrogens with one attached hydrogen (secondary N) is 2. The first-order valence-corrected chi connectivity index (χ1v) is 8.05. The van der Waals surface area contributed by atoms with Crippen LogP contribution in [0.1, 0.15) is 27.6 Å². The fourth-order valence-electron chi connectivity index (χ4n) is 2.17. The van der Waals surface area contributed by atoms with Crippen LogP contribution < -0.4 is 15.4 Å². The summed E-state index contributed by atoms with van der Waals surface area (Å²) in [6, 6.07) is 13.7. The molecule has 0 atom stereocenters. The third-order valence-corrected chi connectivity index (χ3v) is 3.40. The number of ether oxygens (including phenoxy) is 2. The lowest BCUT2D eigenvalue weighted by molar-refractivity contribution is 0.0936. The molecule has 0 heterocycles. The van der Waals surface area contributed by atoms with Crippen molar-refractivity contribution in [3.05, 3.63) is 59.7 Å². The number of hydrogen-bond donors (Lipinski definition) is 2. The Morgan fingerprint density at radius 1 is 1.00 bits per heavy atom. The highest BCUT2D eigenvalue weighted by atomic mass is 16.5. The fourth-order valence-corrected chi connectivity index (χ4v) is 2.17. The first-order valence-electron chi connectivity index (χ1n) is 8.05. The van der Waals surface area contributed by atoms with E-state index in [0.29, 0.717) is 42.3 Å². The number of amides is 2. The summed E-state index contributed by atoms with van der Waals surface area (Å²) in [6.45, 7) is 3.34. The van der Waals surface area contributed by atoms with Crippen molar-refractivity contribution < 1.29 is 19.1 Å². The molecule has 6 nitrogen and oxygen atoms in total. The second-order valence-electron chi connectivity index (χ2n) is 5.24. The summed E-state index contributed by atoms with van der Waals surface area (Å²) < 4.78 is 10.3. The SMILES string of the molecule is CCOc1cccc(C(=O)Nc2ccc(C(=O)NCCOC)cc2)c1. The van der Waals surface area contributed by atoms with Gasteiger partial charge >= 0.3 is 0 Å². The van der Waals surface area contributed by atoms with E-state index < -0.39 is 0 Å². The second-order valence-corrected chi connectivity index (χ2v) is 5.24. The van der Waals surface area contributed by atoms with E-state index in [1.54, 1.807) is 55.6 Å². The highest BCUT2D eigenvalue weighted by Crippen LogP contribution is 2.16. The lowest BCUT2D eigenvalue weighted by atomic mass is 10.1. The van der Waals surface area contributed by atoms with Crippen molar-refractivity contribution >= 4 is 17.5 Å². The number of hydrogen-bond acceptors (Lipinski definition) is 4. The van der Waals surface area contributed by atoms with Gasteiger partial charge in [-0.15, -0.1) is 0 Å². The Balaban J connectivity index is 1.97. The molecule has 2 N–H and O–H groups in total. The van der Waals surface area contributed by atoms with Gasteiger partial charge < -0.3 is 20.1 Å². The molecule has 0 unspecified atom stereocenters. The van der Waals surface area contributed by atoms with Crippen LogP contribution in [0.5, 0.6) is 5.75 Å². The van der Waals surface area contributed by atoms with Crippen molar-refractivity contribution in [3.8, 4) is 5.75 Å². The number of methoxy groups -OCH3 is 1.